The van der Waals surface area contributed by atoms with Gasteiger partial charge in [0.25, 0.3) is 0 Å². The Morgan fingerprint density at radius 3 is 2.79 bits per heavy atom. The minimum atomic E-state index is 0.273. The van der Waals surface area contributed by atoms with Crippen LogP contribution in [0.1, 0.15) is 43.9 Å². The van der Waals surface area contributed by atoms with Crippen LogP contribution in [-0.4, -0.2) is 56.1 Å². The molecule has 0 amide bonds. The number of rotatable bonds is 9. The number of nitrogens with zero attached hydrogens (tertiary/aromatic N) is 2. The van der Waals surface area contributed by atoms with Crippen LogP contribution in [0.25, 0.3) is 0 Å². The SMILES string of the molecule is CN=C(NCCCCSC)NCC(c1ccco1)N1CCCCC1. The maximum Gasteiger partial charge on any atom is 0.191 e. The number of guanidine groups is 1. The van der Waals surface area contributed by atoms with Crippen LogP contribution in [-0.2, 0) is 0 Å². The lowest BCUT2D eigenvalue weighted by molar-refractivity contribution is 0.146. The number of aliphatic imine (C=N–C) groups is 1. The zero-order valence-corrected chi connectivity index (χ0v) is 15.9. The van der Waals surface area contributed by atoms with Crippen LogP contribution >= 0.6 is 11.8 Å². The second-order valence-corrected chi connectivity index (χ2v) is 7.19. The molecule has 0 bridgehead atoms. The first kappa shape index (κ1) is 19.2. The number of nitrogens with one attached hydrogen (secondary N) is 2. The summed E-state index contributed by atoms with van der Waals surface area (Å²) in [6.07, 6.45) is 10.2. The summed E-state index contributed by atoms with van der Waals surface area (Å²) in [5, 5.41) is 6.89. The highest BCUT2D eigenvalue weighted by atomic mass is 32.2. The molecule has 0 aliphatic carbocycles. The molecule has 0 radical (unpaired) electrons. The number of hydrogen-bond acceptors (Lipinski definition) is 4. The Labute approximate surface area is 150 Å². The summed E-state index contributed by atoms with van der Waals surface area (Å²) in [6, 6.07) is 4.33. The summed E-state index contributed by atoms with van der Waals surface area (Å²) in [6.45, 7) is 4.08. The molecule has 5 nitrogen and oxygen atoms in total. The molecule has 0 spiro atoms. The lowest BCUT2D eigenvalue weighted by Gasteiger charge is -2.33. The maximum atomic E-state index is 5.70. The van der Waals surface area contributed by atoms with Gasteiger partial charge in [0.15, 0.2) is 5.96 Å². The van der Waals surface area contributed by atoms with E-state index in [9.17, 15) is 0 Å². The Morgan fingerprint density at radius 1 is 1.29 bits per heavy atom. The van der Waals surface area contributed by atoms with E-state index in [0.29, 0.717) is 0 Å². The molecule has 1 atom stereocenters. The number of hydrogen-bond donors (Lipinski definition) is 2. The topological polar surface area (TPSA) is 52.8 Å². The molecule has 2 heterocycles. The van der Waals surface area contributed by atoms with E-state index in [-0.39, 0.29) is 6.04 Å². The van der Waals surface area contributed by atoms with E-state index in [0.717, 1.165) is 37.9 Å². The van der Waals surface area contributed by atoms with Gasteiger partial charge >= 0.3 is 0 Å². The van der Waals surface area contributed by atoms with Gasteiger partial charge in [-0.05, 0) is 62.9 Å². The first-order chi connectivity index (χ1) is 11.8. The van der Waals surface area contributed by atoms with Crippen molar-refractivity contribution in [2.45, 2.75) is 38.1 Å². The highest BCUT2D eigenvalue weighted by Crippen LogP contribution is 2.24. The van der Waals surface area contributed by atoms with Crippen molar-refractivity contribution in [1.29, 1.82) is 0 Å². The van der Waals surface area contributed by atoms with Crippen molar-refractivity contribution in [3.63, 3.8) is 0 Å². The third kappa shape index (κ3) is 6.40. The molecule has 1 aromatic rings. The van der Waals surface area contributed by atoms with Crippen molar-refractivity contribution < 1.29 is 4.42 Å². The first-order valence-electron chi connectivity index (χ1n) is 9.06. The monoisotopic (exact) mass is 352 g/mol. The third-order valence-corrected chi connectivity index (χ3v) is 5.15. The average Bonchev–Trinajstić information content (AvgIpc) is 3.15. The first-order valence-corrected chi connectivity index (χ1v) is 10.5. The van der Waals surface area contributed by atoms with Gasteiger partial charge in [0, 0.05) is 20.1 Å². The largest absolute Gasteiger partial charge is 0.468 e. The van der Waals surface area contributed by atoms with Gasteiger partial charge in [-0.25, -0.2) is 0 Å². The molecule has 1 saturated heterocycles. The number of thioether (sulfide) groups is 1. The highest BCUT2D eigenvalue weighted by molar-refractivity contribution is 7.98. The summed E-state index contributed by atoms with van der Waals surface area (Å²) in [7, 11) is 1.83. The zero-order valence-electron chi connectivity index (χ0n) is 15.1. The van der Waals surface area contributed by atoms with Gasteiger partial charge in [0.2, 0.25) is 0 Å². The van der Waals surface area contributed by atoms with Crippen molar-refractivity contribution in [3.05, 3.63) is 24.2 Å². The van der Waals surface area contributed by atoms with Gasteiger partial charge in [-0.2, -0.15) is 11.8 Å². The number of furan rings is 1. The Bertz CT molecular complexity index is 458. The minimum Gasteiger partial charge on any atom is -0.468 e. The van der Waals surface area contributed by atoms with Gasteiger partial charge in [-0.15, -0.1) is 0 Å². The second kappa shape index (κ2) is 11.4. The molecular formula is C18H32N4OS. The fraction of sp³-hybridized carbons (Fsp3) is 0.722. The molecule has 1 aliphatic heterocycles. The predicted octanol–water partition coefficient (Wildman–Crippen LogP) is 3.11. The molecule has 0 aromatic carbocycles. The van der Waals surface area contributed by atoms with E-state index in [1.165, 1.54) is 37.9 Å². The molecule has 1 unspecified atom stereocenters. The minimum absolute atomic E-state index is 0.273. The lowest BCUT2D eigenvalue weighted by atomic mass is 10.1. The molecule has 2 N–H and O–H groups in total. The normalized spacial score (nSPS) is 17.7. The Kier molecular flexibility index (Phi) is 9.13. The molecule has 0 saturated carbocycles. The standard InChI is InChI=1S/C18H32N4OS/c1-19-18(20-10-4-7-14-24-2)21-15-16(17-9-8-13-23-17)22-11-5-3-6-12-22/h8-9,13,16H,3-7,10-12,14-15H2,1-2H3,(H2,19,20,21). The molecule has 2 rings (SSSR count). The highest BCUT2D eigenvalue weighted by Gasteiger charge is 2.24. The van der Waals surface area contributed by atoms with Crippen LogP contribution in [0.2, 0.25) is 0 Å². The third-order valence-electron chi connectivity index (χ3n) is 4.46. The molecular weight excluding hydrogens is 320 g/mol. The smallest absolute Gasteiger partial charge is 0.191 e. The van der Waals surface area contributed by atoms with E-state index in [2.05, 4.69) is 32.8 Å². The van der Waals surface area contributed by atoms with E-state index < -0.39 is 0 Å². The molecule has 1 fully saturated rings. The van der Waals surface area contributed by atoms with Gasteiger partial charge in [-0.1, -0.05) is 6.42 Å². The average molecular weight is 353 g/mol. The molecule has 136 valence electrons. The summed E-state index contributed by atoms with van der Waals surface area (Å²) >= 11 is 1.91. The predicted molar refractivity (Wildman–Crippen MR) is 104 cm³/mol. The van der Waals surface area contributed by atoms with Crippen molar-refractivity contribution in [3.8, 4) is 0 Å². The lowest BCUT2D eigenvalue weighted by Crippen LogP contribution is -2.44. The van der Waals surface area contributed by atoms with E-state index in [1.54, 1.807) is 6.26 Å². The van der Waals surface area contributed by atoms with E-state index in [4.69, 9.17) is 4.42 Å². The molecule has 1 aromatic heterocycles. The van der Waals surface area contributed by atoms with Crippen LogP contribution < -0.4 is 10.6 Å². The molecule has 24 heavy (non-hydrogen) atoms. The van der Waals surface area contributed by atoms with Crippen LogP contribution in [0.15, 0.2) is 27.8 Å². The van der Waals surface area contributed by atoms with Crippen LogP contribution in [0.4, 0.5) is 0 Å². The van der Waals surface area contributed by atoms with Gasteiger partial charge in [-0.3, -0.25) is 9.89 Å². The quantitative estimate of drug-likeness (QED) is 0.406. The van der Waals surface area contributed by atoms with Crippen molar-refractivity contribution in [2.24, 2.45) is 4.99 Å². The number of likely N-dealkylation sites (tertiary alicyclic amines) is 1. The van der Waals surface area contributed by atoms with Gasteiger partial charge < -0.3 is 15.1 Å². The second-order valence-electron chi connectivity index (χ2n) is 6.21. The summed E-state index contributed by atoms with van der Waals surface area (Å²) in [4.78, 5) is 6.87. The molecule has 6 heteroatoms. The van der Waals surface area contributed by atoms with E-state index >= 15 is 0 Å². The zero-order chi connectivity index (χ0) is 17.0. The van der Waals surface area contributed by atoms with Crippen LogP contribution in [0, 0.1) is 0 Å². The Hall–Kier alpha value is -1.14. The Balaban J connectivity index is 1.82. The number of unbranched alkanes of at least 4 members (excludes halogenated alkanes) is 1. The molecule has 1 aliphatic rings. The van der Waals surface area contributed by atoms with Gasteiger partial charge in [0.1, 0.15) is 5.76 Å². The fourth-order valence-electron chi connectivity index (χ4n) is 3.11. The van der Waals surface area contributed by atoms with Crippen LogP contribution in [0.5, 0.6) is 0 Å². The van der Waals surface area contributed by atoms with Crippen LogP contribution in [0.3, 0.4) is 0 Å². The van der Waals surface area contributed by atoms with Crippen molar-refractivity contribution >= 4 is 17.7 Å². The van der Waals surface area contributed by atoms with Crippen molar-refractivity contribution in [2.75, 3.05) is 45.2 Å². The summed E-state index contributed by atoms with van der Waals surface area (Å²) < 4.78 is 5.70. The summed E-state index contributed by atoms with van der Waals surface area (Å²) in [5.41, 5.74) is 0. The number of piperidine rings is 1. The fourth-order valence-corrected chi connectivity index (χ4v) is 3.61. The summed E-state index contributed by atoms with van der Waals surface area (Å²) in [5.74, 6) is 3.15. The van der Waals surface area contributed by atoms with E-state index in [1.807, 2.05) is 24.9 Å². The van der Waals surface area contributed by atoms with Gasteiger partial charge in [0.05, 0.1) is 12.3 Å². The van der Waals surface area contributed by atoms with Crippen molar-refractivity contribution in [1.82, 2.24) is 15.5 Å². The Morgan fingerprint density at radius 2 is 2.12 bits per heavy atom. The maximum absolute atomic E-state index is 5.70.